The van der Waals surface area contributed by atoms with E-state index in [9.17, 15) is 0 Å². The van der Waals surface area contributed by atoms with E-state index in [0.29, 0.717) is 12.1 Å². The predicted molar refractivity (Wildman–Crippen MR) is 118 cm³/mol. The average Bonchev–Trinajstić information content (AvgIpc) is 2.77. The number of aliphatic imine (C=N–C) groups is 1. The van der Waals surface area contributed by atoms with E-state index >= 15 is 0 Å². The van der Waals surface area contributed by atoms with Gasteiger partial charge in [-0.2, -0.15) is 0 Å². The summed E-state index contributed by atoms with van der Waals surface area (Å²) in [6, 6.07) is 11.0. The van der Waals surface area contributed by atoms with Crippen molar-refractivity contribution in [1.29, 1.82) is 0 Å². The van der Waals surface area contributed by atoms with Crippen LogP contribution in [0.1, 0.15) is 51.1 Å². The van der Waals surface area contributed by atoms with E-state index in [1.807, 2.05) is 7.05 Å². The summed E-state index contributed by atoms with van der Waals surface area (Å²) in [5.74, 6) is 1.000. The Kier molecular flexibility index (Phi) is 8.33. The van der Waals surface area contributed by atoms with E-state index in [1.165, 1.54) is 5.56 Å². The number of nitrogens with zero attached hydrogens (tertiary/aromatic N) is 2. The van der Waals surface area contributed by atoms with Crippen LogP contribution < -0.4 is 10.6 Å². The monoisotopic (exact) mass is 402 g/mol. The van der Waals surface area contributed by atoms with E-state index in [2.05, 4.69) is 64.7 Å². The van der Waals surface area contributed by atoms with Crippen LogP contribution in [0.5, 0.6) is 0 Å². The molecule has 2 saturated heterocycles. The van der Waals surface area contributed by atoms with Crippen LogP contribution in [-0.2, 0) is 9.47 Å². The maximum Gasteiger partial charge on any atom is 0.193 e. The molecule has 1 atom stereocenters. The lowest BCUT2D eigenvalue weighted by Gasteiger charge is -2.42. The minimum Gasteiger partial charge on any atom is -0.381 e. The van der Waals surface area contributed by atoms with Crippen LogP contribution >= 0.6 is 0 Å². The molecule has 0 aliphatic carbocycles. The molecule has 0 saturated carbocycles. The zero-order valence-electron chi connectivity index (χ0n) is 18.3. The Bertz CT molecular complexity index is 623. The van der Waals surface area contributed by atoms with Gasteiger partial charge in [-0.1, -0.05) is 30.3 Å². The number of ether oxygens (including phenoxy) is 2. The first kappa shape index (κ1) is 22.1. The molecule has 2 fully saturated rings. The van der Waals surface area contributed by atoms with Crippen molar-refractivity contribution in [3.05, 3.63) is 35.9 Å². The topological polar surface area (TPSA) is 58.1 Å². The summed E-state index contributed by atoms with van der Waals surface area (Å²) in [6.45, 7) is 9.56. The molecule has 0 radical (unpaired) electrons. The van der Waals surface area contributed by atoms with Crippen LogP contribution in [0.15, 0.2) is 35.3 Å². The van der Waals surface area contributed by atoms with Crippen LogP contribution in [0.2, 0.25) is 0 Å². The number of benzene rings is 1. The highest BCUT2D eigenvalue weighted by Crippen LogP contribution is 2.25. The summed E-state index contributed by atoms with van der Waals surface area (Å²) >= 11 is 0. The average molecular weight is 403 g/mol. The van der Waals surface area contributed by atoms with Gasteiger partial charge in [0.15, 0.2) is 5.96 Å². The molecule has 2 aliphatic heterocycles. The van der Waals surface area contributed by atoms with Crippen molar-refractivity contribution in [2.45, 2.75) is 57.2 Å². The number of hydrogen-bond acceptors (Lipinski definition) is 4. The first-order chi connectivity index (χ1) is 14.2. The highest BCUT2D eigenvalue weighted by Gasteiger charge is 2.34. The fourth-order valence-electron chi connectivity index (χ4n) is 4.47. The van der Waals surface area contributed by atoms with Gasteiger partial charge >= 0.3 is 0 Å². The second kappa shape index (κ2) is 11.0. The number of guanidine groups is 1. The number of rotatable bonds is 7. The van der Waals surface area contributed by atoms with Crippen LogP contribution in [0.4, 0.5) is 0 Å². The van der Waals surface area contributed by atoms with E-state index in [4.69, 9.17) is 9.47 Å². The molecule has 1 aromatic carbocycles. The first-order valence-electron chi connectivity index (χ1n) is 11.1. The largest absolute Gasteiger partial charge is 0.381 e. The Balaban J connectivity index is 1.59. The molecule has 0 spiro atoms. The van der Waals surface area contributed by atoms with Gasteiger partial charge in [0.1, 0.15) is 0 Å². The molecular weight excluding hydrogens is 364 g/mol. The van der Waals surface area contributed by atoms with Gasteiger partial charge < -0.3 is 25.0 Å². The standard InChI is InChI=1S/C23H38N4O2/c1-4-29-21-10-14-27(15-11-21)22(24-3)25-18-23(12-16-28-17-13-23)26-19(2)20-8-6-5-7-9-20/h5-9,19,21,26H,4,10-18H2,1-3H3,(H,24,25). The van der Waals surface area contributed by atoms with E-state index in [0.717, 1.165) is 71.1 Å². The molecule has 2 N–H and O–H groups in total. The van der Waals surface area contributed by atoms with Gasteiger partial charge in [0.2, 0.25) is 0 Å². The molecule has 0 amide bonds. The number of piperidine rings is 1. The van der Waals surface area contributed by atoms with Gasteiger partial charge in [0, 0.05) is 58.1 Å². The van der Waals surface area contributed by atoms with Crippen molar-refractivity contribution in [2.75, 3.05) is 46.5 Å². The van der Waals surface area contributed by atoms with E-state index < -0.39 is 0 Å². The predicted octanol–water partition coefficient (Wildman–Crippen LogP) is 2.96. The Morgan fingerprint density at radius 2 is 1.93 bits per heavy atom. The number of hydrogen-bond donors (Lipinski definition) is 2. The van der Waals surface area contributed by atoms with Crippen LogP contribution in [0, 0.1) is 0 Å². The lowest BCUT2D eigenvalue weighted by atomic mass is 9.88. The third-order valence-electron chi connectivity index (χ3n) is 6.21. The molecule has 2 aliphatic rings. The van der Waals surface area contributed by atoms with Gasteiger partial charge in [-0.15, -0.1) is 0 Å². The molecule has 2 heterocycles. The highest BCUT2D eigenvalue weighted by atomic mass is 16.5. The van der Waals surface area contributed by atoms with Crippen molar-refractivity contribution in [1.82, 2.24) is 15.5 Å². The third kappa shape index (κ3) is 6.17. The Morgan fingerprint density at radius 3 is 2.55 bits per heavy atom. The van der Waals surface area contributed by atoms with E-state index in [-0.39, 0.29) is 5.54 Å². The molecule has 6 nitrogen and oxygen atoms in total. The summed E-state index contributed by atoms with van der Waals surface area (Å²) in [5, 5.41) is 7.59. The SMILES string of the molecule is CCOC1CCN(C(=NC)NCC2(NC(C)c3ccccc3)CCOCC2)CC1. The maximum atomic E-state index is 5.79. The van der Waals surface area contributed by atoms with Gasteiger partial charge in [-0.3, -0.25) is 4.99 Å². The molecule has 3 rings (SSSR count). The Morgan fingerprint density at radius 1 is 1.24 bits per heavy atom. The number of nitrogens with one attached hydrogen (secondary N) is 2. The van der Waals surface area contributed by atoms with Crippen LogP contribution in [0.3, 0.4) is 0 Å². The van der Waals surface area contributed by atoms with Gasteiger partial charge in [-0.05, 0) is 45.1 Å². The smallest absolute Gasteiger partial charge is 0.193 e. The first-order valence-corrected chi connectivity index (χ1v) is 11.1. The summed E-state index contributed by atoms with van der Waals surface area (Å²) < 4.78 is 11.5. The molecule has 6 heteroatoms. The van der Waals surface area contributed by atoms with Crippen molar-refractivity contribution >= 4 is 5.96 Å². The zero-order chi connectivity index (χ0) is 20.5. The summed E-state index contributed by atoms with van der Waals surface area (Å²) in [7, 11) is 1.88. The minimum atomic E-state index is 0.00704. The summed E-state index contributed by atoms with van der Waals surface area (Å²) in [5.41, 5.74) is 1.33. The summed E-state index contributed by atoms with van der Waals surface area (Å²) in [6.07, 6.45) is 4.53. The molecule has 29 heavy (non-hydrogen) atoms. The van der Waals surface area contributed by atoms with Crippen molar-refractivity contribution in [2.24, 2.45) is 4.99 Å². The fourth-order valence-corrected chi connectivity index (χ4v) is 4.47. The highest BCUT2D eigenvalue weighted by molar-refractivity contribution is 5.80. The third-order valence-corrected chi connectivity index (χ3v) is 6.21. The summed E-state index contributed by atoms with van der Waals surface area (Å²) in [4.78, 5) is 6.93. The molecule has 1 unspecified atom stereocenters. The van der Waals surface area contributed by atoms with E-state index in [1.54, 1.807) is 0 Å². The molecule has 162 valence electrons. The quantitative estimate of drug-likeness (QED) is 0.542. The normalized spacial score (nSPS) is 21.8. The second-order valence-electron chi connectivity index (χ2n) is 8.21. The molecule has 0 bridgehead atoms. The molecule has 1 aromatic rings. The van der Waals surface area contributed by atoms with Gasteiger partial charge in [-0.25, -0.2) is 0 Å². The second-order valence-corrected chi connectivity index (χ2v) is 8.21. The van der Waals surface area contributed by atoms with Crippen molar-refractivity contribution in [3.8, 4) is 0 Å². The van der Waals surface area contributed by atoms with Gasteiger partial charge in [0.05, 0.1) is 6.10 Å². The van der Waals surface area contributed by atoms with Crippen molar-refractivity contribution in [3.63, 3.8) is 0 Å². The van der Waals surface area contributed by atoms with Crippen LogP contribution in [-0.4, -0.2) is 69.0 Å². The minimum absolute atomic E-state index is 0.00704. The van der Waals surface area contributed by atoms with Crippen LogP contribution in [0.25, 0.3) is 0 Å². The lowest BCUT2D eigenvalue weighted by Crippen LogP contribution is -2.59. The Labute approximate surface area is 176 Å². The lowest BCUT2D eigenvalue weighted by molar-refractivity contribution is 0.0250. The fraction of sp³-hybridized carbons (Fsp3) is 0.696. The maximum absolute atomic E-state index is 5.79. The van der Waals surface area contributed by atoms with Crippen molar-refractivity contribution < 1.29 is 9.47 Å². The molecular formula is C23H38N4O2. The molecule has 0 aromatic heterocycles. The zero-order valence-corrected chi connectivity index (χ0v) is 18.3. The number of likely N-dealkylation sites (tertiary alicyclic amines) is 1. The Hall–Kier alpha value is -1.63. The van der Waals surface area contributed by atoms with Gasteiger partial charge in [0.25, 0.3) is 0 Å².